The van der Waals surface area contributed by atoms with Crippen LogP contribution in [0.15, 0.2) is 18.5 Å². The van der Waals surface area contributed by atoms with E-state index in [1.54, 1.807) is 0 Å². The van der Waals surface area contributed by atoms with Crippen molar-refractivity contribution in [1.82, 2.24) is 20.0 Å². The van der Waals surface area contributed by atoms with E-state index in [9.17, 15) is 0 Å². The van der Waals surface area contributed by atoms with Crippen LogP contribution < -0.4 is 4.90 Å². The molecule has 0 aromatic carbocycles. The van der Waals surface area contributed by atoms with Crippen LogP contribution in [-0.2, 0) is 11.3 Å². The van der Waals surface area contributed by atoms with Crippen LogP contribution >= 0.6 is 0 Å². The molecule has 1 atom stereocenters. The van der Waals surface area contributed by atoms with Crippen molar-refractivity contribution in [3.05, 3.63) is 24.0 Å². The molecule has 6 nitrogen and oxygen atoms in total. The first-order chi connectivity index (χ1) is 12.6. The molecule has 1 unspecified atom stereocenters. The van der Waals surface area contributed by atoms with E-state index in [4.69, 9.17) is 9.72 Å². The highest BCUT2D eigenvalue weighted by atomic mass is 16.5. The summed E-state index contributed by atoms with van der Waals surface area (Å²) in [5, 5.41) is 8.69. The van der Waals surface area contributed by atoms with Gasteiger partial charge in [-0.15, -0.1) is 5.10 Å². The number of aromatic nitrogens is 4. The van der Waals surface area contributed by atoms with Gasteiger partial charge in [0, 0.05) is 19.5 Å². The molecule has 6 heteroatoms. The van der Waals surface area contributed by atoms with Crippen LogP contribution in [0.25, 0.3) is 11.4 Å². The largest absolute Gasteiger partial charge is 0.370 e. The fourth-order valence-corrected chi connectivity index (χ4v) is 4.26. The summed E-state index contributed by atoms with van der Waals surface area (Å²) in [6.45, 7) is 16.2. The van der Waals surface area contributed by atoms with Gasteiger partial charge >= 0.3 is 0 Å². The Balaban J connectivity index is 1.53. The molecule has 2 fully saturated rings. The second kappa shape index (κ2) is 6.30. The van der Waals surface area contributed by atoms with E-state index in [0.29, 0.717) is 11.3 Å². The number of rotatable bonds is 5. The van der Waals surface area contributed by atoms with Crippen molar-refractivity contribution >= 4 is 5.69 Å². The number of hydrogen-bond acceptors (Lipinski definition) is 5. The van der Waals surface area contributed by atoms with Crippen LogP contribution in [0.1, 0.15) is 59.4 Å². The maximum Gasteiger partial charge on any atom is 0.131 e. The third-order valence-corrected chi connectivity index (χ3v) is 5.50. The highest BCUT2D eigenvalue weighted by molar-refractivity contribution is 5.63. The van der Waals surface area contributed by atoms with E-state index in [0.717, 1.165) is 37.4 Å². The monoisotopic (exact) mass is 369 g/mol. The lowest BCUT2D eigenvalue weighted by molar-refractivity contribution is -0.189. The zero-order valence-corrected chi connectivity index (χ0v) is 17.4. The van der Waals surface area contributed by atoms with Crippen LogP contribution in [0.3, 0.4) is 0 Å². The number of ether oxygens (including phenoxy) is 1. The second-order valence-corrected chi connectivity index (χ2v) is 9.84. The Morgan fingerprint density at radius 2 is 1.93 bits per heavy atom. The molecule has 2 aromatic heterocycles. The topological polar surface area (TPSA) is 56.1 Å². The van der Waals surface area contributed by atoms with E-state index in [2.05, 4.69) is 62.8 Å². The first-order valence-corrected chi connectivity index (χ1v) is 9.95. The Hall–Kier alpha value is -1.95. The molecule has 0 bridgehead atoms. The van der Waals surface area contributed by atoms with Gasteiger partial charge in [0.15, 0.2) is 0 Å². The van der Waals surface area contributed by atoms with Crippen LogP contribution in [0, 0.1) is 5.41 Å². The van der Waals surface area contributed by atoms with Gasteiger partial charge in [0.2, 0.25) is 0 Å². The smallest absolute Gasteiger partial charge is 0.131 e. The summed E-state index contributed by atoms with van der Waals surface area (Å²) >= 11 is 0. The lowest BCUT2D eigenvalue weighted by Gasteiger charge is -2.47. The predicted octanol–water partition coefficient (Wildman–Crippen LogP) is 3.88. The standard InChI is InChI=1S/C21H31N5O/c1-14(2)17-7-15(25-12-20(3,4)13-25)9-22-19(17)18-11-26(24-23-18)10-16-8-21(5,6)27-16/h7,9,11,14,16H,8,10,12-13H2,1-6H3. The van der Waals surface area contributed by atoms with Gasteiger partial charge in [0.1, 0.15) is 5.69 Å². The van der Waals surface area contributed by atoms with Gasteiger partial charge in [-0.1, -0.05) is 32.9 Å². The molecule has 2 aliphatic rings. The minimum absolute atomic E-state index is 0.00169. The molecule has 0 spiro atoms. The van der Waals surface area contributed by atoms with Crippen molar-refractivity contribution < 1.29 is 4.74 Å². The number of hydrogen-bond donors (Lipinski definition) is 0. The van der Waals surface area contributed by atoms with Crippen molar-refractivity contribution in [1.29, 1.82) is 0 Å². The quantitative estimate of drug-likeness (QED) is 0.801. The molecule has 146 valence electrons. The lowest BCUT2D eigenvalue weighted by Crippen LogP contribution is -2.53. The van der Waals surface area contributed by atoms with Crippen LogP contribution in [0.5, 0.6) is 0 Å². The van der Waals surface area contributed by atoms with Gasteiger partial charge in [0.05, 0.1) is 42.0 Å². The molecule has 0 radical (unpaired) electrons. The van der Waals surface area contributed by atoms with Crippen LogP contribution in [-0.4, -0.2) is 44.8 Å². The Bertz CT molecular complexity index is 823. The summed E-state index contributed by atoms with van der Waals surface area (Å²) in [5.74, 6) is 0.377. The van der Waals surface area contributed by atoms with Crippen LogP contribution in [0.2, 0.25) is 0 Å². The van der Waals surface area contributed by atoms with Crippen molar-refractivity contribution in [2.45, 2.75) is 72.1 Å². The summed E-state index contributed by atoms with van der Waals surface area (Å²) in [6, 6.07) is 2.28. The van der Waals surface area contributed by atoms with E-state index in [-0.39, 0.29) is 11.7 Å². The highest BCUT2D eigenvalue weighted by Gasteiger charge is 2.37. The van der Waals surface area contributed by atoms with Crippen molar-refractivity contribution in [3.8, 4) is 11.4 Å². The summed E-state index contributed by atoms with van der Waals surface area (Å²) in [7, 11) is 0. The van der Waals surface area contributed by atoms with Gasteiger partial charge < -0.3 is 9.64 Å². The zero-order valence-electron chi connectivity index (χ0n) is 17.4. The normalized spacial score (nSPS) is 23.2. The predicted molar refractivity (Wildman–Crippen MR) is 107 cm³/mol. The Kier molecular flexibility index (Phi) is 4.29. The van der Waals surface area contributed by atoms with Crippen molar-refractivity contribution in [2.24, 2.45) is 5.41 Å². The molecule has 2 aromatic rings. The second-order valence-electron chi connectivity index (χ2n) is 9.84. The molecule has 0 saturated carbocycles. The van der Waals surface area contributed by atoms with Gasteiger partial charge in [-0.2, -0.15) is 0 Å². The molecule has 0 N–H and O–H groups in total. The summed E-state index contributed by atoms with van der Waals surface area (Å²) < 4.78 is 7.76. The van der Waals surface area contributed by atoms with E-state index >= 15 is 0 Å². The molecule has 2 aliphatic heterocycles. The summed E-state index contributed by atoms with van der Waals surface area (Å²) in [4.78, 5) is 7.18. The maximum atomic E-state index is 5.88. The molecule has 0 aliphatic carbocycles. The number of pyridine rings is 1. The molecular formula is C21H31N5O. The van der Waals surface area contributed by atoms with Gasteiger partial charge in [-0.25, -0.2) is 4.68 Å². The molecule has 27 heavy (non-hydrogen) atoms. The minimum atomic E-state index is 0.00169. The third kappa shape index (κ3) is 3.72. The maximum absolute atomic E-state index is 5.88. The summed E-state index contributed by atoms with van der Waals surface area (Å²) in [6.07, 6.45) is 5.25. The average Bonchev–Trinajstić information content (AvgIpc) is 2.98. The van der Waals surface area contributed by atoms with E-state index in [1.165, 1.54) is 11.3 Å². The molecular weight excluding hydrogens is 338 g/mol. The SMILES string of the molecule is CC(C)c1cc(N2CC(C)(C)C2)cnc1-c1cn(CC2CC(C)(C)O2)nn1. The van der Waals surface area contributed by atoms with Gasteiger partial charge in [-0.05, 0) is 36.8 Å². The molecule has 4 rings (SSSR count). The number of nitrogens with zero attached hydrogens (tertiary/aromatic N) is 5. The summed E-state index contributed by atoms with van der Waals surface area (Å²) in [5.41, 5.74) is 4.62. The number of anilines is 1. The molecule has 2 saturated heterocycles. The Morgan fingerprint density at radius 3 is 2.52 bits per heavy atom. The zero-order chi connectivity index (χ0) is 19.4. The minimum Gasteiger partial charge on any atom is -0.370 e. The third-order valence-electron chi connectivity index (χ3n) is 5.50. The first kappa shape index (κ1) is 18.4. The fraction of sp³-hybridized carbons (Fsp3) is 0.667. The van der Waals surface area contributed by atoms with Crippen molar-refractivity contribution in [2.75, 3.05) is 18.0 Å². The Morgan fingerprint density at radius 1 is 1.22 bits per heavy atom. The van der Waals surface area contributed by atoms with Crippen LogP contribution in [0.4, 0.5) is 5.69 Å². The molecule has 0 amide bonds. The van der Waals surface area contributed by atoms with Gasteiger partial charge in [0.25, 0.3) is 0 Å². The van der Waals surface area contributed by atoms with E-state index < -0.39 is 0 Å². The first-order valence-electron chi connectivity index (χ1n) is 9.95. The van der Waals surface area contributed by atoms with E-state index in [1.807, 2.05) is 17.1 Å². The Labute approximate surface area is 161 Å². The average molecular weight is 370 g/mol. The van der Waals surface area contributed by atoms with Crippen molar-refractivity contribution in [3.63, 3.8) is 0 Å². The lowest BCUT2D eigenvalue weighted by atomic mass is 9.84. The fourth-order valence-electron chi connectivity index (χ4n) is 4.26. The van der Waals surface area contributed by atoms with Gasteiger partial charge in [-0.3, -0.25) is 4.98 Å². The molecule has 4 heterocycles. The highest BCUT2D eigenvalue weighted by Crippen LogP contribution is 2.36.